The average molecular weight is 688 g/mol. The second kappa shape index (κ2) is 17.4. The van der Waals surface area contributed by atoms with Crippen LogP contribution in [0.5, 0.6) is 17.2 Å². The van der Waals surface area contributed by atoms with E-state index in [1.807, 2.05) is 12.1 Å². The van der Waals surface area contributed by atoms with Gasteiger partial charge in [0.2, 0.25) is 5.90 Å². The third kappa shape index (κ3) is 9.67. The number of esters is 1. The van der Waals surface area contributed by atoms with Crippen molar-refractivity contribution in [1.82, 2.24) is 5.32 Å². The van der Waals surface area contributed by atoms with E-state index in [4.69, 9.17) is 39.3 Å². The number of ether oxygens (including phenoxy) is 5. The molecule has 0 radical (unpaired) electrons. The van der Waals surface area contributed by atoms with Crippen molar-refractivity contribution in [2.45, 2.75) is 70.2 Å². The number of azide groups is 1. The molecule has 50 heavy (non-hydrogen) atoms. The van der Waals surface area contributed by atoms with Crippen LogP contribution in [0, 0.1) is 0 Å². The van der Waals surface area contributed by atoms with Gasteiger partial charge in [-0.05, 0) is 98.3 Å². The molecule has 1 aliphatic heterocycles. The molecule has 3 aromatic carbocycles. The van der Waals surface area contributed by atoms with E-state index in [1.54, 1.807) is 89.6 Å². The van der Waals surface area contributed by atoms with Gasteiger partial charge in [-0.3, -0.25) is 9.59 Å². The van der Waals surface area contributed by atoms with Crippen LogP contribution in [0.25, 0.3) is 10.4 Å². The molecule has 0 spiro atoms. The van der Waals surface area contributed by atoms with E-state index in [9.17, 15) is 9.59 Å². The Bertz CT molecular complexity index is 1700. The van der Waals surface area contributed by atoms with Crippen molar-refractivity contribution in [1.29, 1.82) is 0 Å². The summed E-state index contributed by atoms with van der Waals surface area (Å²) in [7, 11) is 3.16. The van der Waals surface area contributed by atoms with Gasteiger partial charge in [0.25, 0.3) is 5.91 Å². The van der Waals surface area contributed by atoms with Crippen molar-refractivity contribution >= 4 is 17.8 Å². The molecule has 0 unspecified atom stereocenters. The van der Waals surface area contributed by atoms with Crippen molar-refractivity contribution in [2.75, 3.05) is 34.0 Å². The highest BCUT2D eigenvalue weighted by Gasteiger charge is 2.53. The van der Waals surface area contributed by atoms with Gasteiger partial charge < -0.3 is 34.1 Å². The zero-order valence-corrected chi connectivity index (χ0v) is 29.2. The third-order valence-electron chi connectivity index (χ3n) is 7.97. The second-order valence-corrected chi connectivity index (χ2v) is 12.6. The fourth-order valence-corrected chi connectivity index (χ4v) is 5.62. The first-order valence-electron chi connectivity index (χ1n) is 16.4. The molecule has 0 aromatic heterocycles. The number of methoxy groups -OCH3 is 2. The Hall–Kier alpha value is -5.26. The predicted octanol–water partition coefficient (Wildman–Crippen LogP) is 6.01. The monoisotopic (exact) mass is 687 g/mol. The summed E-state index contributed by atoms with van der Waals surface area (Å²) in [5.41, 5.74) is 9.42. The minimum absolute atomic E-state index is 0.0150. The maximum atomic E-state index is 14.6. The lowest BCUT2D eigenvalue weighted by Gasteiger charge is -2.32. The standard InChI is InChI=1S/C37H45N5O8/c1-36(2,3)50-32(44)17-19-37(35(45)39-20-18-26-23-29(46-4)15-16-31(26)47-5)33(30-10-7-6-9-27(30)24-40-42-38)49-34(41-37)25-11-13-28(14-12-25)48-22-8-21-43/h6-7,9-16,23,33,43H,8,17-22,24H2,1-5H3,(H,39,45)/t33-,37-/m1/s1. The zero-order chi connectivity index (χ0) is 36.1. The summed E-state index contributed by atoms with van der Waals surface area (Å²) in [5, 5.41) is 15.9. The summed E-state index contributed by atoms with van der Waals surface area (Å²) >= 11 is 0. The molecule has 0 saturated heterocycles. The van der Waals surface area contributed by atoms with Gasteiger partial charge in [0.1, 0.15) is 22.8 Å². The molecule has 4 rings (SSSR count). The van der Waals surface area contributed by atoms with E-state index >= 15 is 0 Å². The van der Waals surface area contributed by atoms with E-state index < -0.39 is 29.1 Å². The summed E-state index contributed by atoms with van der Waals surface area (Å²) < 4.78 is 28.8. The number of aliphatic hydroxyl groups is 1. The number of aliphatic imine (C=N–C) groups is 1. The summed E-state index contributed by atoms with van der Waals surface area (Å²) in [6.45, 7) is 5.94. The van der Waals surface area contributed by atoms with E-state index in [0.29, 0.717) is 53.4 Å². The first-order valence-corrected chi connectivity index (χ1v) is 16.4. The number of nitrogens with zero attached hydrogens (tertiary/aromatic N) is 4. The lowest BCUT2D eigenvalue weighted by Crippen LogP contribution is -2.49. The summed E-state index contributed by atoms with van der Waals surface area (Å²) in [5.74, 6) is 1.16. The Kier molecular flexibility index (Phi) is 13.1. The first-order chi connectivity index (χ1) is 24.0. The number of hydrogen-bond acceptors (Lipinski definition) is 10. The topological polar surface area (TPSA) is 174 Å². The zero-order valence-electron chi connectivity index (χ0n) is 29.2. The molecule has 0 bridgehead atoms. The van der Waals surface area contributed by atoms with E-state index in [1.165, 1.54) is 0 Å². The van der Waals surface area contributed by atoms with Crippen molar-refractivity contribution in [3.8, 4) is 17.2 Å². The van der Waals surface area contributed by atoms with Gasteiger partial charge in [-0.2, -0.15) is 0 Å². The number of carbonyl (C=O) groups is 2. The summed E-state index contributed by atoms with van der Waals surface area (Å²) in [4.78, 5) is 35.6. The SMILES string of the molecule is COc1ccc(OC)c(CCNC(=O)[C@]2(CCC(=O)OC(C)(C)C)N=C(c3ccc(OCCCO)cc3)O[C@@H]2c2ccccc2CN=[N+]=[N-])c1. The minimum atomic E-state index is -1.62. The maximum Gasteiger partial charge on any atom is 0.306 e. The average Bonchev–Trinajstić information content (AvgIpc) is 3.50. The Morgan fingerprint density at radius 2 is 1.78 bits per heavy atom. The van der Waals surface area contributed by atoms with Crippen LogP contribution in [-0.2, 0) is 32.0 Å². The number of aliphatic hydroxyl groups excluding tert-OH is 1. The van der Waals surface area contributed by atoms with Crippen molar-refractivity contribution in [3.63, 3.8) is 0 Å². The molecule has 13 heteroatoms. The van der Waals surface area contributed by atoms with E-state index in [-0.39, 0.29) is 38.4 Å². The highest BCUT2D eigenvalue weighted by molar-refractivity contribution is 6.01. The number of carbonyl (C=O) groups excluding carboxylic acids is 2. The molecule has 1 amide bonds. The van der Waals surface area contributed by atoms with Gasteiger partial charge in [-0.15, -0.1) is 0 Å². The highest BCUT2D eigenvalue weighted by atomic mass is 16.6. The second-order valence-electron chi connectivity index (χ2n) is 12.6. The molecule has 1 heterocycles. The lowest BCUT2D eigenvalue weighted by atomic mass is 9.81. The van der Waals surface area contributed by atoms with Gasteiger partial charge in [0.05, 0.1) is 27.4 Å². The number of benzene rings is 3. The Morgan fingerprint density at radius 1 is 1.04 bits per heavy atom. The molecular formula is C37H45N5O8. The highest BCUT2D eigenvalue weighted by Crippen LogP contribution is 2.44. The smallest absolute Gasteiger partial charge is 0.306 e. The van der Waals surface area contributed by atoms with Crippen LogP contribution in [0.2, 0.25) is 0 Å². The molecule has 2 N–H and O–H groups in total. The number of rotatable bonds is 17. The molecule has 0 aliphatic carbocycles. The molecule has 3 aromatic rings. The quantitative estimate of drug-likeness (QED) is 0.0570. The molecular weight excluding hydrogens is 642 g/mol. The fraction of sp³-hybridized carbons (Fsp3) is 0.432. The minimum Gasteiger partial charge on any atom is -0.497 e. The van der Waals surface area contributed by atoms with Crippen LogP contribution in [0.4, 0.5) is 0 Å². The third-order valence-corrected chi connectivity index (χ3v) is 7.97. The van der Waals surface area contributed by atoms with E-state index in [0.717, 1.165) is 5.56 Å². The van der Waals surface area contributed by atoms with Crippen molar-refractivity contribution < 1.29 is 38.4 Å². The molecule has 2 atom stereocenters. The van der Waals surface area contributed by atoms with E-state index in [2.05, 4.69) is 15.3 Å². The Balaban J connectivity index is 1.76. The molecule has 0 fully saturated rings. The number of amides is 1. The number of hydrogen-bond donors (Lipinski definition) is 2. The molecule has 266 valence electrons. The first kappa shape index (κ1) is 37.6. The predicted molar refractivity (Wildman–Crippen MR) is 187 cm³/mol. The molecule has 0 saturated carbocycles. The lowest BCUT2D eigenvalue weighted by molar-refractivity contribution is -0.155. The Labute approximate surface area is 292 Å². The van der Waals surface area contributed by atoms with Gasteiger partial charge in [0.15, 0.2) is 11.6 Å². The van der Waals surface area contributed by atoms with Gasteiger partial charge in [-0.1, -0.05) is 29.4 Å². The van der Waals surface area contributed by atoms with Crippen LogP contribution >= 0.6 is 0 Å². The van der Waals surface area contributed by atoms with Gasteiger partial charge in [0, 0.05) is 36.5 Å². The molecule has 13 nitrogen and oxygen atoms in total. The Morgan fingerprint density at radius 3 is 2.46 bits per heavy atom. The summed E-state index contributed by atoms with van der Waals surface area (Å²) in [6, 6.07) is 19.7. The maximum absolute atomic E-state index is 14.6. The van der Waals surface area contributed by atoms with Crippen LogP contribution in [0.3, 0.4) is 0 Å². The largest absolute Gasteiger partial charge is 0.497 e. The van der Waals surface area contributed by atoms with Crippen LogP contribution < -0.4 is 19.5 Å². The van der Waals surface area contributed by atoms with Crippen LogP contribution in [-0.4, -0.2) is 68.0 Å². The normalized spacial score (nSPS) is 16.8. The van der Waals surface area contributed by atoms with Crippen LogP contribution in [0.1, 0.15) is 68.4 Å². The summed E-state index contributed by atoms with van der Waals surface area (Å²) in [6.07, 6.45) is -0.239. The van der Waals surface area contributed by atoms with Gasteiger partial charge in [-0.25, -0.2) is 4.99 Å². The van der Waals surface area contributed by atoms with Crippen molar-refractivity contribution in [2.24, 2.45) is 10.1 Å². The fourth-order valence-electron chi connectivity index (χ4n) is 5.62. The van der Waals surface area contributed by atoms with Gasteiger partial charge >= 0.3 is 5.97 Å². The molecule has 1 aliphatic rings. The van der Waals surface area contributed by atoms with Crippen LogP contribution in [0.15, 0.2) is 76.8 Å². The number of nitrogens with one attached hydrogen (secondary N) is 1. The van der Waals surface area contributed by atoms with Crippen molar-refractivity contribution in [3.05, 3.63) is 99.4 Å².